The molecule has 5 rings (SSSR count). The molecule has 1 heteroatoms. The molecule has 0 saturated heterocycles. The highest BCUT2D eigenvalue weighted by atomic mass is 14.6. The Balaban J connectivity index is 1.92. The van der Waals surface area contributed by atoms with Crippen molar-refractivity contribution in [1.29, 1.82) is 0 Å². The lowest BCUT2D eigenvalue weighted by Crippen LogP contribution is -1.84. The largest absolute Gasteiger partial charge is 0.264 e. The Hall–Kier alpha value is -2.67. The summed E-state index contributed by atoms with van der Waals surface area (Å²) in [4.78, 5) is 4.30. The topological polar surface area (TPSA) is 12.9 Å². The molecule has 3 aromatic carbocycles. The first-order valence-electron chi connectivity index (χ1n) is 7.28. The lowest BCUT2D eigenvalue weighted by atomic mass is 9.97. The fourth-order valence-electron chi connectivity index (χ4n) is 3.53. The number of benzene rings is 3. The number of fused-ring (bicyclic) bond motifs is 6. The Kier molecular flexibility index (Phi) is 2.06. The zero-order valence-corrected chi connectivity index (χ0v) is 11.5. The van der Waals surface area contributed by atoms with Gasteiger partial charge in [0, 0.05) is 17.8 Å². The van der Waals surface area contributed by atoms with Gasteiger partial charge in [-0.2, -0.15) is 0 Å². The van der Waals surface area contributed by atoms with Crippen LogP contribution in [0.2, 0.25) is 0 Å². The molecule has 1 aromatic heterocycles. The predicted octanol–water partition coefficient (Wildman–Crippen LogP) is 4.96. The van der Waals surface area contributed by atoms with E-state index in [1.807, 2.05) is 12.4 Å². The average Bonchev–Trinajstić information content (AvgIpc) is 2.90. The maximum Gasteiger partial charge on any atom is 0.0352 e. The Morgan fingerprint density at radius 2 is 1.62 bits per heavy atom. The van der Waals surface area contributed by atoms with Crippen molar-refractivity contribution in [3.63, 3.8) is 0 Å². The Morgan fingerprint density at radius 1 is 0.714 bits per heavy atom. The summed E-state index contributed by atoms with van der Waals surface area (Å²) in [7, 11) is 0. The van der Waals surface area contributed by atoms with E-state index in [0.29, 0.717) is 0 Å². The minimum Gasteiger partial charge on any atom is -0.264 e. The monoisotopic (exact) mass is 267 g/mol. The molecule has 0 saturated carbocycles. The zero-order valence-electron chi connectivity index (χ0n) is 11.5. The first-order chi connectivity index (χ1) is 10.4. The second-order valence-corrected chi connectivity index (χ2v) is 5.73. The van der Waals surface area contributed by atoms with Crippen molar-refractivity contribution in [1.82, 2.24) is 4.98 Å². The standard InChI is InChI=1S/C20H13N/c1-2-4-17-14(3-1)9-16-10-15-6-5-13-7-8-21-12-20(13)18(15)11-19(16)17/h1-8,10-12H,9H2. The van der Waals surface area contributed by atoms with Gasteiger partial charge in [-0.05, 0) is 57.0 Å². The zero-order chi connectivity index (χ0) is 13.8. The van der Waals surface area contributed by atoms with Gasteiger partial charge < -0.3 is 0 Å². The molecular weight excluding hydrogens is 254 g/mol. The lowest BCUT2D eigenvalue weighted by Gasteiger charge is -2.07. The highest BCUT2D eigenvalue weighted by Gasteiger charge is 2.18. The van der Waals surface area contributed by atoms with Crippen molar-refractivity contribution in [2.45, 2.75) is 6.42 Å². The normalized spacial score (nSPS) is 12.6. The number of hydrogen-bond donors (Lipinski definition) is 0. The van der Waals surface area contributed by atoms with E-state index in [1.165, 1.54) is 43.8 Å². The SMILES string of the molecule is c1ccc2c(c1)Cc1cc3ccc4ccncc4c3cc1-2. The van der Waals surface area contributed by atoms with Gasteiger partial charge >= 0.3 is 0 Å². The molecule has 0 radical (unpaired) electrons. The van der Waals surface area contributed by atoms with Gasteiger partial charge in [0.25, 0.3) is 0 Å². The fraction of sp³-hybridized carbons (Fsp3) is 0.0500. The van der Waals surface area contributed by atoms with E-state index in [2.05, 4.69) is 59.6 Å². The summed E-state index contributed by atoms with van der Waals surface area (Å²) in [5.41, 5.74) is 5.64. The van der Waals surface area contributed by atoms with Crippen LogP contribution in [0, 0.1) is 0 Å². The van der Waals surface area contributed by atoms with E-state index < -0.39 is 0 Å². The van der Waals surface area contributed by atoms with E-state index >= 15 is 0 Å². The van der Waals surface area contributed by atoms with Crippen LogP contribution in [-0.2, 0) is 6.42 Å². The number of pyridine rings is 1. The maximum atomic E-state index is 4.30. The molecule has 4 aromatic rings. The molecule has 0 bridgehead atoms. The molecule has 1 heterocycles. The Morgan fingerprint density at radius 3 is 2.62 bits per heavy atom. The van der Waals surface area contributed by atoms with Gasteiger partial charge in [0.15, 0.2) is 0 Å². The second-order valence-electron chi connectivity index (χ2n) is 5.73. The minimum atomic E-state index is 1.05. The van der Waals surface area contributed by atoms with Crippen molar-refractivity contribution in [3.05, 3.63) is 78.1 Å². The first-order valence-corrected chi connectivity index (χ1v) is 7.28. The lowest BCUT2D eigenvalue weighted by molar-refractivity contribution is 1.27. The third-order valence-corrected chi connectivity index (χ3v) is 4.55. The van der Waals surface area contributed by atoms with Gasteiger partial charge in [0.05, 0.1) is 0 Å². The van der Waals surface area contributed by atoms with Crippen LogP contribution in [-0.4, -0.2) is 4.98 Å². The molecule has 0 fully saturated rings. The van der Waals surface area contributed by atoms with Crippen LogP contribution in [0.15, 0.2) is 67.0 Å². The summed E-state index contributed by atoms with van der Waals surface area (Å²) < 4.78 is 0. The van der Waals surface area contributed by atoms with Crippen LogP contribution in [0.3, 0.4) is 0 Å². The van der Waals surface area contributed by atoms with Gasteiger partial charge in [-0.15, -0.1) is 0 Å². The molecule has 0 unspecified atom stereocenters. The van der Waals surface area contributed by atoms with E-state index in [9.17, 15) is 0 Å². The van der Waals surface area contributed by atoms with Gasteiger partial charge in [-0.3, -0.25) is 4.98 Å². The smallest absolute Gasteiger partial charge is 0.0352 e. The van der Waals surface area contributed by atoms with Crippen molar-refractivity contribution in [2.75, 3.05) is 0 Å². The molecule has 0 spiro atoms. The number of hydrogen-bond acceptors (Lipinski definition) is 1. The fourth-order valence-corrected chi connectivity index (χ4v) is 3.53. The summed E-state index contributed by atoms with van der Waals surface area (Å²) in [6.07, 6.45) is 4.88. The van der Waals surface area contributed by atoms with Gasteiger partial charge in [-0.25, -0.2) is 0 Å². The maximum absolute atomic E-state index is 4.30. The van der Waals surface area contributed by atoms with Crippen molar-refractivity contribution in [2.24, 2.45) is 0 Å². The summed E-state index contributed by atoms with van der Waals surface area (Å²) in [5.74, 6) is 0. The predicted molar refractivity (Wildman–Crippen MR) is 87.5 cm³/mol. The van der Waals surface area contributed by atoms with Crippen molar-refractivity contribution in [3.8, 4) is 11.1 Å². The van der Waals surface area contributed by atoms with Gasteiger partial charge in [0.1, 0.15) is 0 Å². The van der Waals surface area contributed by atoms with Crippen molar-refractivity contribution >= 4 is 21.5 Å². The van der Waals surface area contributed by atoms with Crippen LogP contribution in [0.5, 0.6) is 0 Å². The molecule has 0 atom stereocenters. The van der Waals surface area contributed by atoms with Gasteiger partial charge in [0.2, 0.25) is 0 Å². The number of rotatable bonds is 0. The molecule has 1 nitrogen and oxygen atoms in total. The Labute approximate surface area is 122 Å². The van der Waals surface area contributed by atoms with Crippen LogP contribution >= 0.6 is 0 Å². The quantitative estimate of drug-likeness (QED) is 0.361. The summed E-state index contributed by atoms with van der Waals surface area (Å²) in [6.45, 7) is 0. The van der Waals surface area contributed by atoms with Crippen LogP contribution in [0.25, 0.3) is 32.7 Å². The highest BCUT2D eigenvalue weighted by molar-refractivity contribution is 6.09. The molecule has 1 aliphatic rings. The summed E-state index contributed by atoms with van der Waals surface area (Å²) in [6, 6.07) is 19.9. The number of nitrogens with zero attached hydrogens (tertiary/aromatic N) is 1. The third-order valence-electron chi connectivity index (χ3n) is 4.55. The van der Waals surface area contributed by atoms with E-state index in [1.54, 1.807) is 0 Å². The molecule has 98 valence electrons. The van der Waals surface area contributed by atoms with E-state index in [4.69, 9.17) is 0 Å². The average molecular weight is 267 g/mol. The first kappa shape index (κ1) is 11.0. The summed E-state index contributed by atoms with van der Waals surface area (Å²) >= 11 is 0. The molecule has 0 amide bonds. The highest BCUT2D eigenvalue weighted by Crippen LogP contribution is 2.40. The van der Waals surface area contributed by atoms with Crippen molar-refractivity contribution < 1.29 is 0 Å². The molecule has 0 aliphatic heterocycles. The second kappa shape index (κ2) is 3.92. The number of aromatic nitrogens is 1. The molecule has 1 aliphatic carbocycles. The Bertz CT molecular complexity index is 1010. The third kappa shape index (κ3) is 1.49. The van der Waals surface area contributed by atoms with Crippen LogP contribution < -0.4 is 0 Å². The van der Waals surface area contributed by atoms with Crippen LogP contribution in [0.4, 0.5) is 0 Å². The summed E-state index contributed by atoms with van der Waals surface area (Å²) in [5, 5.41) is 5.10. The van der Waals surface area contributed by atoms with E-state index in [-0.39, 0.29) is 0 Å². The minimum absolute atomic E-state index is 1.05. The molecular formula is C20H13N. The molecule has 21 heavy (non-hydrogen) atoms. The van der Waals surface area contributed by atoms with E-state index in [0.717, 1.165) is 6.42 Å². The molecule has 0 N–H and O–H groups in total. The van der Waals surface area contributed by atoms with Crippen LogP contribution in [0.1, 0.15) is 11.1 Å². The van der Waals surface area contributed by atoms with Gasteiger partial charge in [-0.1, -0.05) is 42.5 Å².